The number of nitrogens with one attached hydrogen (secondary N) is 1. The molecule has 1 aliphatic rings. The van der Waals surface area contributed by atoms with E-state index in [4.69, 9.17) is 5.11 Å². The van der Waals surface area contributed by atoms with E-state index in [9.17, 15) is 0 Å². The van der Waals surface area contributed by atoms with Crippen LogP contribution in [0.15, 0.2) is 6.20 Å². The fourth-order valence-electron chi connectivity index (χ4n) is 1.59. The van der Waals surface area contributed by atoms with E-state index in [1.165, 1.54) is 0 Å². The minimum Gasteiger partial charge on any atom is -0.396 e. The Balaban J connectivity index is 2.03. The van der Waals surface area contributed by atoms with E-state index in [0.29, 0.717) is 12.5 Å². The molecule has 72 valence electrons. The van der Waals surface area contributed by atoms with Gasteiger partial charge in [0, 0.05) is 25.8 Å². The molecular weight excluding hydrogens is 168 g/mol. The van der Waals surface area contributed by atoms with Crippen LogP contribution in [-0.2, 0) is 6.42 Å². The van der Waals surface area contributed by atoms with Crippen molar-refractivity contribution in [2.24, 2.45) is 0 Å². The zero-order valence-corrected chi connectivity index (χ0v) is 7.48. The van der Waals surface area contributed by atoms with Crippen LogP contribution in [0.2, 0.25) is 0 Å². The highest BCUT2D eigenvalue weighted by Crippen LogP contribution is 2.13. The number of hydrogen-bond donors (Lipinski definition) is 2. The monoisotopic (exact) mass is 182 g/mol. The topological polar surface area (TPSA) is 63.0 Å². The molecular formula is C8H14N4O. The molecule has 5 nitrogen and oxygen atoms in total. The molecule has 1 fully saturated rings. The minimum atomic E-state index is 0.140. The van der Waals surface area contributed by atoms with Gasteiger partial charge in [-0.1, -0.05) is 5.21 Å². The molecule has 1 unspecified atom stereocenters. The van der Waals surface area contributed by atoms with Crippen LogP contribution in [0.4, 0.5) is 0 Å². The summed E-state index contributed by atoms with van der Waals surface area (Å²) in [5.74, 6) is 0. The summed E-state index contributed by atoms with van der Waals surface area (Å²) in [7, 11) is 0. The van der Waals surface area contributed by atoms with Gasteiger partial charge >= 0.3 is 0 Å². The molecule has 0 aromatic carbocycles. The Bertz CT molecular complexity index is 267. The Morgan fingerprint density at radius 2 is 2.62 bits per heavy atom. The number of aliphatic hydroxyl groups excluding tert-OH is 1. The smallest absolute Gasteiger partial charge is 0.0850 e. The van der Waals surface area contributed by atoms with Crippen molar-refractivity contribution in [3.05, 3.63) is 11.9 Å². The molecule has 1 aromatic rings. The van der Waals surface area contributed by atoms with Crippen molar-refractivity contribution >= 4 is 0 Å². The van der Waals surface area contributed by atoms with Gasteiger partial charge in [0.1, 0.15) is 0 Å². The largest absolute Gasteiger partial charge is 0.396 e. The van der Waals surface area contributed by atoms with Crippen molar-refractivity contribution in [1.29, 1.82) is 0 Å². The van der Waals surface area contributed by atoms with Gasteiger partial charge in [0.05, 0.1) is 11.7 Å². The molecule has 0 spiro atoms. The van der Waals surface area contributed by atoms with Crippen molar-refractivity contribution in [2.75, 3.05) is 19.7 Å². The quantitative estimate of drug-likeness (QED) is 0.652. The summed E-state index contributed by atoms with van der Waals surface area (Å²) < 4.78 is 1.89. The van der Waals surface area contributed by atoms with E-state index >= 15 is 0 Å². The Morgan fingerprint density at radius 3 is 3.31 bits per heavy atom. The summed E-state index contributed by atoms with van der Waals surface area (Å²) in [6.45, 7) is 2.17. The number of aromatic nitrogens is 3. The van der Waals surface area contributed by atoms with Gasteiger partial charge in [-0.3, -0.25) is 0 Å². The van der Waals surface area contributed by atoms with Gasteiger partial charge in [-0.25, -0.2) is 4.68 Å². The minimum absolute atomic E-state index is 0.140. The normalized spacial score (nSPS) is 22.4. The summed E-state index contributed by atoms with van der Waals surface area (Å²) in [4.78, 5) is 0. The number of hydrogen-bond acceptors (Lipinski definition) is 4. The van der Waals surface area contributed by atoms with Crippen LogP contribution in [0.1, 0.15) is 18.2 Å². The van der Waals surface area contributed by atoms with E-state index in [1.807, 2.05) is 10.9 Å². The number of aliphatic hydroxyl groups is 1. The highest BCUT2D eigenvalue weighted by molar-refractivity contribution is 4.94. The summed E-state index contributed by atoms with van der Waals surface area (Å²) in [5, 5.41) is 20.0. The van der Waals surface area contributed by atoms with E-state index in [1.54, 1.807) is 0 Å². The molecule has 2 heterocycles. The third kappa shape index (κ3) is 1.87. The first-order chi connectivity index (χ1) is 6.40. The van der Waals surface area contributed by atoms with Gasteiger partial charge in [-0.15, -0.1) is 5.10 Å². The van der Waals surface area contributed by atoms with Crippen molar-refractivity contribution in [3.8, 4) is 0 Å². The molecule has 0 amide bonds. The van der Waals surface area contributed by atoms with Gasteiger partial charge in [0.15, 0.2) is 0 Å². The van der Waals surface area contributed by atoms with Gasteiger partial charge in [-0.2, -0.15) is 0 Å². The highest BCUT2D eigenvalue weighted by Gasteiger charge is 2.17. The third-order valence-corrected chi connectivity index (χ3v) is 2.33. The van der Waals surface area contributed by atoms with Crippen LogP contribution >= 0.6 is 0 Å². The maximum absolute atomic E-state index is 8.70. The van der Waals surface area contributed by atoms with E-state index < -0.39 is 0 Å². The Hall–Kier alpha value is -0.940. The molecule has 2 rings (SSSR count). The zero-order valence-electron chi connectivity index (χ0n) is 7.48. The van der Waals surface area contributed by atoms with Crippen molar-refractivity contribution in [2.45, 2.75) is 18.9 Å². The van der Waals surface area contributed by atoms with Crippen LogP contribution in [0.5, 0.6) is 0 Å². The molecule has 2 N–H and O–H groups in total. The van der Waals surface area contributed by atoms with Gasteiger partial charge in [0.2, 0.25) is 0 Å². The van der Waals surface area contributed by atoms with E-state index in [0.717, 1.165) is 25.2 Å². The lowest BCUT2D eigenvalue weighted by Crippen LogP contribution is -2.13. The fraction of sp³-hybridized carbons (Fsp3) is 0.750. The van der Waals surface area contributed by atoms with Gasteiger partial charge < -0.3 is 10.4 Å². The second kappa shape index (κ2) is 3.85. The first kappa shape index (κ1) is 8.65. The maximum atomic E-state index is 8.70. The lowest BCUT2D eigenvalue weighted by molar-refractivity contribution is 0.298. The fourth-order valence-corrected chi connectivity index (χ4v) is 1.59. The lowest BCUT2D eigenvalue weighted by Gasteiger charge is -2.05. The van der Waals surface area contributed by atoms with E-state index in [2.05, 4.69) is 15.6 Å². The van der Waals surface area contributed by atoms with Crippen LogP contribution < -0.4 is 5.32 Å². The van der Waals surface area contributed by atoms with Crippen molar-refractivity contribution in [1.82, 2.24) is 20.3 Å². The molecule has 1 aromatic heterocycles. The molecule has 13 heavy (non-hydrogen) atoms. The average molecular weight is 182 g/mol. The van der Waals surface area contributed by atoms with Crippen LogP contribution in [0.3, 0.4) is 0 Å². The molecule has 0 bridgehead atoms. The Morgan fingerprint density at radius 1 is 1.69 bits per heavy atom. The van der Waals surface area contributed by atoms with Crippen molar-refractivity contribution < 1.29 is 5.11 Å². The van der Waals surface area contributed by atoms with Gasteiger partial charge in [-0.05, 0) is 13.0 Å². The molecule has 0 aliphatic carbocycles. The second-order valence-corrected chi connectivity index (χ2v) is 3.31. The summed E-state index contributed by atoms with van der Waals surface area (Å²) in [5.41, 5.74) is 0.870. The second-order valence-electron chi connectivity index (χ2n) is 3.31. The van der Waals surface area contributed by atoms with Gasteiger partial charge in [0.25, 0.3) is 0 Å². The highest BCUT2D eigenvalue weighted by atomic mass is 16.3. The molecule has 1 aliphatic heterocycles. The lowest BCUT2D eigenvalue weighted by atomic mass is 10.3. The number of rotatable bonds is 3. The molecule has 1 saturated heterocycles. The van der Waals surface area contributed by atoms with Crippen LogP contribution in [0, 0.1) is 0 Å². The standard InChI is InChI=1S/C8H14N4O/c13-4-2-7-6-12(11-10-7)8-1-3-9-5-8/h6,8-9,13H,1-5H2. The van der Waals surface area contributed by atoms with E-state index in [-0.39, 0.29) is 6.61 Å². The Kier molecular flexibility index (Phi) is 2.56. The molecule has 5 heteroatoms. The maximum Gasteiger partial charge on any atom is 0.0850 e. The predicted octanol–water partition coefficient (Wildman–Crippen LogP) is -0.653. The molecule has 1 atom stereocenters. The summed E-state index contributed by atoms with van der Waals surface area (Å²) in [6.07, 6.45) is 3.63. The third-order valence-electron chi connectivity index (χ3n) is 2.33. The SMILES string of the molecule is OCCc1cn(C2CCNC2)nn1. The Labute approximate surface area is 76.8 Å². The predicted molar refractivity (Wildman–Crippen MR) is 47.3 cm³/mol. The summed E-state index contributed by atoms with van der Waals surface area (Å²) >= 11 is 0. The van der Waals surface area contributed by atoms with Crippen molar-refractivity contribution in [3.63, 3.8) is 0 Å². The molecule has 0 saturated carbocycles. The summed E-state index contributed by atoms with van der Waals surface area (Å²) in [6, 6.07) is 0.444. The number of nitrogens with zero attached hydrogens (tertiary/aromatic N) is 3. The first-order valence-electron chi connectivity index (χ1n) is 4.62. The van der Waals surface area contributed by atoms with Crippen LogP contribution in [-0.4, -0.2) is 39.8 Å². The first-order valence-corrected chi connectivity index (χ1v) is 4.62. The van der Waals surface area contributed by atoms with Crippen LogP contribution in [0.25, 0.3) is 0 Å². The average Bonchev–Trinajstić information content (AvgIpc) is 2.70. The zero-order chi connectivity index (χ0) is 9.10. The molecule has 0 radical (unpaired) electrons.